The molecule has 19 heavy (non-hydrogen) atoms. The van der Waals surface area contributed by atoms with Crippen LogP contribution >= 0.6 is 27.5 Å². The summed E-state index contributed by atoms with van der Waals surface area (Å²) in [6.45, 7) is 1.96. The quantitative estimate of drug-likeness (QED) is 0.693. The Morgan fingerprint density at radius 3 is 2.53 bits per heavy atom. The Hall–Kier alpha value is -1.06. The molecule has 0 saturated carbocycles. The summed E-state index contributed by atoms with van der Waals surface area (Å²) in [5.74, 6) is 0.325. The smallest absolute Gasteiger partial charge is 0.129 e. The third kappa shape index (κ3) is 3.10. The van der Waals surface area contributed by atoms with Gasteiger partial charge in [-0.2, -0.15) is 0 Å². The first-order valence-electron chi connectivity index (χ1n) is 5.76. The predicted octanol–water partition coefficient (Wildman–Crippen LogP) is 5.23. The molecule has 0 aliphatic heterocycles. The molecule has 0 spiro atoms. The monoisotopic (exact) mass is 342 g/mol. The minimum atomic E-state index is -0.581. The van der Waals surface area contributed by atoms with Crippen LogP contribution in [0.1, 0.15) is 22.1 Å². The fraction of sp³-hybridized carbons (Fsp3) is 0.200. The molecule has 2 aromatic carbocycles. The van der Waals surface area contributed by atoms with E-state index in [9.17, 15) is 4.39 Å². The summed E-state index contributed by atoms with van der Waals surface area (Å²) in [5, 5.41) is -0.581. The van der Waals surface area contributed by atoms with Crippen molar-refractivity contribution < 1.29 is 9.13 Å². The Morgan fingerprint density at radius 2 is 1.89 bits per heavy atom. The fourth-order valence-corrected chi connectivity index (χ4v) is 2.61. The van der Waals surface area contributed by atoms with Crippen molar-refractivity contribution in [2.75, 3.05) is 7.11 Å². The van der Waals surface area contributed by atoms with Crippen LogP contribution in [0.25, 0.3) is 0 Å². The molecule has 0 radical (unpaired) electrons. The van der Waals surface area contributed by atoms with Crippen LogP contribution in [-0.4, -0.2) is 7.11 Å². The molecular weight excluding hydrogens is 331 g/mol. The number of methoxy groups -OCH3 is 1. The second-order valence-corrected chi connectivity index (χ2v) is 5.63. The predicted molar refractivity (Wildman–Crippen MR) is 79.5 cm³/mol. The van der Waals surface area contributed by atoms with E-state index in [4.69, 9.17) is 16.3 Å². The molecule has 0 heterocycles. The Labute approximate surface area is 125 Å². The van der Waals surface area contributed by atoms with Crippen molar-refractivity contribution in [3.63, 3.8) is 0 Å². The summed E-state index contributed by atoms with van der Waals surface area (Å²) in [5.41, 5.74) is 2.26. The topological polar surface area (TPSA) is 9.23 Å². The third-order valence-corrected chi connectivity index (χ3v) is 3.86. The summed E-state index contributed by atoms with van der Waals surface area (Å²) < 4.78 is 19.9. The molecule has 0 N–H and O–H groups in total. The molecule has 1 unspecified atom stereocenters. The van der Waals surface area contributed by atoms with Gasteiger partial charge < -0.3 is 4.74 Å². The highest BCUT2D eigenvalue weighted by molar-refractivity contribution is 9.10. The Kier molecular flexibility index (Phi) is 4.48. The number of ether oxygens (including phenoxy) is 1. The van der Waals surface area contributed by atoms with Gasteiger partial charge in [0.25, 0.3) is 0 Å². The summed E-state index contributed by atoms with van der Waals surface area (Å²) in [6, 6.07) is 10.6. The van der Waals surface area contributed by atoms with Crippen molar-refractivity contribution in [2.24, 2.45) is 0 Å². The summed E-state index contributed by atoms with van der Waals surface area (Å²) in [6.07, 6.45) is 0. The lowest BCUT2D eigenvalue weighted by molar-refractivity contribution is 0.410. The standard InChI is InChI=1S/C15H13BrClFO/c1-9-3-6-14(19-2)12(7-9)15(17)11-5-4-10(16)8-13(11)18/h3-8,15H,1-2H3. The summed E-state index contributed by atoms with van der Waals surface area (Å²) >= 11 is 9.64. The van der Waals surface area contributed by atoms with Crippen molar-refractivity contribution in [2.45, 2.75) is 12.3 Å². The molecule has 0 bridgehead atoms. The lowest BCUT2D eigenvalue weighted by Crippen LogP contribution is -2.00. The molecule has 0 aliphatic carbocycles. The Bertz CT molecular complexity index is 601. The van der Waals surface area contributed by atoms with E-state index >= 15 is 0 Å². The zero-order chi connectivity index (χ0) is 14.0. The van der Waals surface area contributed by atoms with Gasteiger partial charge in [-0.3, -0.25) is 0 Å². The van der Waals surface area contributed by atoms with Crippen LogP contribution in [0.15, 0.2) is 40.9 Å². The first-order valence-corrected chi connectivity index (χ1v) is 6.99. The van der Waals surface area contributed by atoms with Crippen LogP contribution in [-0.2, 0) is 0 Å². The fourth-order valence-electron chi connectivity index (χ4n) is 1.93. The number of rotatable bonds is 3. The van der Waals surface area contributed by atoms with Gasteiger partial charge in [-0.15, -0.1) is 11.6 Å². The van der Waals surface area contributed by atoms with E-state index in [2.05, 4.69) is 15.9 Å². The lowest BCUT2D eigenvalue weighted by atomic mass is 10.0. The maximum Gasteiger partial charge on any atom is 0.129 e. The van der Waals surface area contributed by atoms with Gasteiger partial charge in [0.15, 0.2) is 0 Å². The molecule has 2 rings (SSSR count). The average Bonchev–Trinajstić information content (AvgIpc) is 2.38. The number of benzene rings is 2. The van der Waals surface area contributed by atoms with Gasteiger partial charge in [0.05, 0.1) is 12.5 Å². The molecule has 1 nitrogen and oxygen atoms in total. The van der Waals surface area contributed by atoms with Crippen LogP contribution in [0.3, 0.4) is 0 Å². The molecule has 1 atom stereocenters. The lowest BCUT2D eigenvalue weighted by Gasteiger charge is -2.16. The van der Waals surface area contributed by atoms with Crippen LogP contribution in [0.5, 0.6) is 5.75 Å². The highest BCUT2D eigenvalue weighted by Crippen LogP contribution is 2.37. The van der Waals surface area contributed by atoms with E-state index in [0.717, 1.165) is 11.1 Å². The number of hydrogen-bond acceptors (Lipinski definition) is 1. The zero-order valence-corrected chi connectivity index (χ0v) is 12.9. The van der Waals surface area contributed by atoms with Gasteiger partial charge >= 0.3 is 0 Å². The highest BCUT2D eigenvalue weighted by Gasteiger charge is 2.19. The summed E-state index contributed by atoms with van der Waals surface area (Å²) in [4.78, 5) is 0. The van der Waals surface area contributed by atoms with Crippen LogP contribution < -0.4 is 4.74 Å². The highest BCUT2D eigenvalue weighted by atomic mass is 79.9. The minimum Gasteiger partial charge on any atom is -0.496 e. The number of hydrogen-bond donors (Lipinski definition) is 0. The van der Waals surface area contributed by atoms with E-state index in [1.807, 2.05) is 25.1 Å². The minimum absolute atomic E-state index is 0.335. The molecule has 0 amide bonds. The number of halogens is 3. The molecular formula is C15H13BrClFO. The van der Waals surface area contributed by atoms with E-state index < -0.39 is 5.38 Å². The molecule has 0 fully saturated rings. The van der Waals surface area contributed by atoms with Crippen molar-refractivity contribution in [1.29, 1.82) is 0 Å². The normalized spacial score (nSPS) is 12.3. The van der Waals surface area contributed by atoms with E-state index in [1.165, 1.54) is 6.07 Å². The summed E-state index contributed by atoms with van der Waals surface area (Å²) in [7, 11) is 1.58. The van der Waals surface area contributed by atoms with Gasteiger partial charge in [-0.05, 0) is 25.1 Å². The van der Waals surface area contributed by atoms with Gasteiger partial charge in [0, 0.05) is 15.6 Å². The largest absolute Gasteiger partial charge is 0.496 e. The Morgan fingerprint density at radius 1 is 1.16 bits per heavy atom. The second-order valence-electron chi connectivity index (χ2n) is 4.27. The second kappa shape index (κ2) is 5.93. The van der Waals surface area contributed by atoms with Crippen molar-refractivity contribution >= 4 is 27.5 Å². The van der Waals surface area contributed by atoms with E-state index in [0.29, 0.717) is 15.8 Å². The first-order chi connectivity index (χ1) is 9.02. The average molecular weight is 344 g/mol. The van der Waals surface area contributed by atoms with E-state index in [-0.39, 0.29) is 5.82 Å². The van der Waals surface area contributed by atoms with Crippen molar-refractivity contribution in [1.82, 2.24) is 0 Å². The third-order valence-electron chi connectivity index (χ3n) is 2.89. The van der Waals surface area contributed by atoms with Gasteiger partial charge in [-0.1, -0.05) is 39.7 Å². The zero-order valence-electron chi connectivity index (χ0n) is 10.6. The van der Waals surface area contributed by atoms with Gasteiger partial charge in [0.1, 0.15) is 11.6 Å². The molecule has 0 aliphatic rings. The molecule has 100 valence electrons. The Balaban J connectivity index is 2.49. The first kappa shape index (κ1) is 14.4. The molecule has 0 saturated heterocycles. The van der Waals surface area contributed by atoms with E-state index in [1.54, 1.807) is 19.2 Å². The van der Waals surface area contributed by atoms with Crippen LogP contribution in [0, 0.1) is 12.7 Å². The van der Waals surface area contributed by atoms with Crippen molar-refractivity contribution in [3.05, 3.63) is 63.4 Å². The van der Waals surface area contributed by atoms with Crippen molar-refractivity contribution in [3.8, 4) is 5.75 Å². The maximum atomic E-state index is 14.0. The number of aryl methyl sites for hydroxylation is 1. The molecule has 0 aromatic heterocycles. The number of alkyl halides is 1. The van der Waals surface area contributed by atoms with Gasteiger partial charge in [0.2, 0.25) is 0 Å². The van der Waals surface area contributed by atoms with Gasteiger partial charge in [-0.25, -0.2) is 4.39 Å². The van der Waals surface area contributed by atoms with Crippen LogP contribution in [0.4, 0.5) is 4.39 Å². The molecule has 2 aromatic rings. The SMILES string of the molecule is COc1ccc(C)cc1C(Cl)c1ccc(Br)cc1F. The molecule has 4 heteroatoms. The maximum absolute atomic E-state index is 14.0. The van der Waals surface area contributed by atoms with Crippen LogP contribution in [0.2, 0.25) is 0 Å².